The predicted octanol–water partition coefficient (Wildman–Crippen LogP) is 2.83. The van der Waals surface area contributed by atoms with E-state index in [0.29, 0.717) is 12.4 Å². The number of pyridine rings is 2. The molecular weight excluding hydrogens is 452 g/mol. The molecule has 3 aromatic heterocycles. The summed E-state index contributed by atoms with van der Waals surface area (Å²) in [5.74, 6) is 2.50. The number of ether oxygens (including phenoxy) is 1. The Bertz CT molecular complexity index is 1360. The molecule has 2 N–H and O–H groups in total. The van der Waals surface area contributed by atoms with E-state index in [4.69, 9.17) is 25.4 Å². The fourth-order valence-electron chi connectivity index (χ4n) is 6.38. The summed E-state index contributed by atoms with van der Waals surface area (Å²) in [6, 6.07) is 8.13. The molecule has 9 nitrogen and oxygen atoms in total. The first-order chi connectivity index (χ1) is 17.6. The molecule has 1 fully saturated rings. The minimum Gasteiger partial charge on any atom is -0.481 e. The molecule has 1 aliphatic carbocycles. The van der Waals surface area contributed by atoms with Gasteiger partial charge >= 0.3 is 0 Å². The Hall–Kier alpha value is -3.59. The van der Waals surface area contributed by atoms with Crippen LogP contribution in [0.5, 0.6) is 5.88 Å². The first-order valence-electron chi connectivity index (χ1n) is 12.8. The van der Waals surface area contributed by atoms with Crippen molar-refractivity contribution in [2.24, 2.45) is 16.1 Å². The molecule has 0 amide bonds. The van der Waals surface area contributed by atoms with E-state index in [1.807, 2.05) is 24.5 Å². The Kier molecular flexibility index (Phi) is 4.95. The maximum Gasteiger partial charge on any atom is 0.213 e. The number of amidine groups is 1. The molecule has 0 unspecified atom stereocenters. The Balaban J connectivity index is 1.08. The normalized spacial score (nSPS) is 21.7. The van der Waals surface area contributed by atoms with Gasteiger partial charge in [-0.1, -0.05) is 6.07 Å². The Labute approximate surface area is 210 Å². The Morgan fingerprint density at radius 1 is 1.06 bits per heavy atom. The quantitative estimate of drug-likeness (QED) is 0.594. The molecule has 7 rings (SSSR count). The summed E-state index contributed by atoms with van der Waals surface area (Å²) in [7, 11) is 1.65. The van der Waals surface area contributed by atoms with Crippen LogP contribution in [0.1, 0.15) is 53.6 Å². The van der Waals surface area contributed by atoms with E-state index in [1.165, 1.54) is 5.56 Å². The molecule has 36 heavy (non-hydrogen) atoms. The third-order valence-electron chi connectivity index (χ3n) is 8.41. The zero-order chi connectivity index (χ0) is 24.3. The highest BCUT2D eigenvalue weighted by Crippen LogP contribution is 2.50. The number of hydrogen-bond acceptors (Lipinski definition) is 9. The minimum absolute atomic E-state index is 0.0499. The summed E-state index contributed by atoms with van der Waals surface area (Å²) in [6.45, 7) is 3.32. The van der Waals surface area contributed by atoms with E-state index < -0.39 is 0 Å². The molecule has 3 aromatic rings. The molecule has 0 aromatic carbocycles. The number of nitrogens with two attached hydrogens (primary N) is 1. The molecule has 0 saturated carbocycles. The van der Waals surface area contributed by atoms with E-state index in [0.717, 1.165) is 91.9 Å². The second-order valence-electron chi connectivity index (χ2n) is 10.3. The zero-order valence-electron chi connectivity index (χ0n) is 20.5. The number of aryl methyl sites for hydroxylation is 1. The van der Waals surface area contributed by atoms with Gasteiger partial charge in [-0.2, -0.15) is 0 Å². The number of fused-ring (bicyclic) bond motifs is 3. The van der Waals surface area contributed by atoms with Crippen molar-refractivity contribution >= 4 is 17.3 Å². The fourth-order valence-corrected chi connectivity index (χ4v) is 6.38. The van der Waals surface area contributed by atoms with E-state index in [2.05, 4.69) is 31.9 Å². The molecule has 4 aliphatic rings. The smallest absolute Gasteiger partial charge is 0.213 e. The first kappa shape index (κ1) is 21.7. The SMILES string of the molecule is COc1ccc2c(n1)[C@@H](N)C1(CCN(c3cnc4c(n3)CN=C4N3CCCc4ncccc43)CC1)C2. The van der Waals surface area contributed by atoms with Crippen LogP contribution in [0.4, 0.5) is 11.5 Å². The van der Waals surface area contributed by atoms with E-state index in [9.17, 15) is 0 Å². The monoisotopic (exact) mass is 482 g/mol. The van der Waals surface area contributed by atoms with Crippen molar-refractivity contribution < 1.29 is 4.74 Å². The summed E-state index contributed by atoms with van der Waals surface area (Å²) in [4.78, 5) is 28.6. The predicted molar refractivity (Wildman–Crippen MR) is 137 cm³/mol. The highest BCUT2D eigenvalue weighted by atomic mass is 16.5. The van der Waals surface area contributed by atoms with Crippen LogP contribution in [0.25, 0.3) is 0 Å². The summed E-state index contributed by atoms with van der Waals surface area (Å²) < 4.78 is 5.33. The third-order valence-corrected chi connectivity index (χ3v) is 8.41. The van der Waals surface area contributed by atoms with Crippen molar-refractivity contribution in [2.45, 2.75) is 44.7 Å². The second kappa shape index (κ2) is 8.23. The van der Waals surface area contributed by atoms with Gasteiger partial charge in [-0.3, -0.25) is 9.98 Å². The molecule has 0 bridgehead atoms. The summed E-state index contributed by atoms with van der Waals surface area (Å²) in [5.41, 5.74) is 13.2. The summed E-state index contributed by atoms with van der Waals surface area (Å²) in [5, 5.41) is 0. The number of hydrogen-bond donors (Lipinski definition) is 1. The van der Waals surface area contributed by atoms with Crippen LogP contribution in [0.15, 0.2) is 41.7 Å². The van der Waals surface area contributed by atoms with Crippen molar-refractivity contribution in [1.82, 2.24) is 19.9 Å². The Morgan fingerprint density at radius 2 is 1.94 bits per heavy atom. The van der Waals surface area contributed by atoms with Gasteiger partial charge < -0.3 is 20.3 Å². The van der Waals surface area contributed by atoms with Crippen LogP contribution in [-0.4, -0.2) is 52.5 Å². The van der Waals surface area contributed by atoms with Crippen LogP contribution in [0.2, 0.25) is 0 Å². The first-order valence-corrected chi connectivity index (χ1v) is 12.8. The maximum absolute atomic E-state index is 6.77. The van der Waals surface area contributed by atoms with Gasteiger partial charge in [-0.25, -0.2) is 15.0 Å². The second-order valence-corrected chi connectivity index (χ2v) is 10.3. The molecule has 3 aliphatic heterocycles. The number of anilines is 2. The van der Waals surface area contributed by atoms with Crippen LogP contribution in [0, 0.1) is 5.41 Å². The van der Waals surface area contributed by atoms with Gasteiger partial charge in [-0.15, -0.1) is 0 Å². The van der Waals surface area contributed by atoms with E-state index in [1.54, 1.807) is 7.11 Å². The largest absolute Gasteiger partial charge is 0.481 e. The Morgan fingerprint density at radius 3 is 2.81 bits per heavy atom. The van der Waals surface area contributed by atoms with Crippen LogP contribution >= 0.6 is 0 Å². The molecule has 1 atom stereocenters. The zero-order valence-corrected chi connectivity index (χ0v) is 20.5. The number of aliphatic imine (C=N–C) groups is 1. The molecule has 1 saturated heterocycles. The molecule has 9 heteroatoms. The van der Waals surface area contributed by atoms with Gasteiger partial charge in [0.25, 0.3) is 0 Å². The average Bonchev–Trinajstić information content (AvgIpc) is 3.47. The van der Waals surface area contributed by atoms with Crippen molar-refractivity contribution in [2.75, 3.05) is 36.5 Å². The van der Waals surface area contributed by atoms with Crippen LogP contribution in [0.3, 0.4) is 0 Å². The lowest BCUT2D eigenvalue weighted by atomic mass is 9.73. The average molecular weight is 483 g/mol. The van der Waals surface area contributed by atoms with Crippen LogP contribution < -0.4 is 20.3 Å². The number of aromatic nitrogens is 4. The summed E-state index contributed by atoms with van der Waals surface area (Å²) in [6.07, 6.45) is 8.84. The van der Waals surface area contributed by atoms with Crippen molar-refractivity contribution in [3.63, 3.8) is 0 Å². The molecular formula is C27H30N8O. The highest BCUT2D eigenvalue weighted by Gasteiger charge is 2.47. The molecule has 184 valence electrons. The van der Waals surface area contributed by atoms with Gasteiger partial charge in [0.2, 0.25) is 5.88 Å². The van der Waals surface area contributed by atoms with Gasteiger partial charge in [0.1, 0.15) is 11.5 Å². The number of nitrogens with zero attached hydrogens (tertiary/aromatic N) is 7. The lowest BCUT2D eigenvalue weighted by Gasteiger charge is -2.42. The minimum atomic E-state index is -0.0614. The van der Waals surface area contributed by atoms with Gasteiger partial charge in [0.05, 0.1) is 48.7 Å². The van der Waals surface area contributed by atoms with E-state index >= 15 is 0 Å². The third kappa shape index (κ3) is 3.29. The number of piperidine rings is 1. The molecule has 0 radical (unpaired) electrons. The topological polar surface area (TPSA) is 106 Å². The number of methoxy groups -OCH3 is 1. The lowest BCUT2D eigenvalue weighted by molar-refractivity contribution is 0.185. The van der Waals surface area contributed by atoms with Gasteiger partial charge in [0.15, 0.2) is 5.84 Å². The van der Waals surface area contributed by atoms with Crippen molar-refractivity contribution in [3.8, 4) is 5.88 Å². The molecule has 6 heterocycles. The van der Waals surface area contributed by atoms with Crippen molar-refractivity contribution in [1.29, 1.82) is 0 Å². The maximum atomic E-state index is 6.77. The fraction of sp³-hybridized carbons (Fsp3) is 0.444. The standard InChI is InChI=1S/C27H30N8O/c1-36-22-7-6-17-14-27(25(28)23(17)33-22)8-12-34(13-9-27)21-16-30-24-19(32-21)15-31-26(24)35-11-3-4-18-20(35)5-2-10-29-18/h2,5-7,10,16,25H,3-4,8-9,11-15,28H2,1H3/t25-/m1/s1. The molecule has 1 spiro atoms. The lowest BCUT2D eigenvalue weighted by Crippen LogP contribution is -2.44. The highest BCUT2D eigenvalue weighted by molar-refractivity contribution is 6.11. The van der Waals surface area contributed by atoms with Crippen LogP contribution in [-0.2, 0) is 19.4 Å². The van der Waals surface area contributed by atoms with E-state index in [-0.39, 0.29) is 11.5 Å². The van der Waals surface area contributed by atoms with Crippen molar-refractivity contribution in [3.05, 3.63) is 65.0 Å². The van der Waals surface area contributed by atoms with Gasteiger partial charge in [-0.05, 0) is 55.2 Å². The van der Waals surface area contributed by atoms with Gasteiger partial charge in [0, 0.05) is 31.9 Å². The number of rotatable bonds is 2. The summed E-state index contributed by atoms with van der Waals surface area (Å²) >= 11 is 0.